The van der Waals surface area contributed by atoms with Crippen LogP contribution >= 0.6 is 0 Å². The summed E-state index contributed by atoms with van der Waals surface area (Å²) in [6, 6.07) is 0. The van der Waals surface area contributed by atoms with Gasteiger partial charge in [0.2, 0.25) is 0 Å². The second kappa shape index (κ2) is 15.2. The van der Waals surface area contributed by atoms with Gasteiger partial charge in [-0.05, 0) is 24.7 Å². The van der Waals surface area contributed by atoms with Crippen LogP contribution in [0.5, 0.6) is 0 Å². The molecule has 24 heavy (non-hydrogen) atoms. The van der Waals surface area contributed by atoms with Crippen molar-refractivity contribution in [2.24, 2.45) is 11.8 Å². The van der Waals surface area contributed by atoms with E-state index in [0.29, 0.717) is 25.0 Å². The molecular formula is C20H36O4. The lowest BCUT2D eigenvalue weighted by Gasteiger charge is -2.14. The van der Waals surface area contributed by atoms with Gasteiger partial charge in [0, 0.05) is 12.2 Å². The van der Waals surface area contributed by atoms with Crippen LogP contribution in [0.2, 0.25) is 0 Å². The van der Waals surface area contributed by atoms with Crippen molar-refractivity contribution in [3.8, 4) is 0 Å². The molecule has 0 aliphatic carbocycles. The van der Waals surface area contributed by atoms with Gasteiger partial charge in [-0.3, -0.25) is 0 Å². The van der Waals surface area contributed by atoms with Crippen molar-refractivity contribution in [2.45, 2.75) is 79.1 Å². The van der Waals surface area contributed by atoms with Crippen molar-refractivity contribution in [3.05, 3.63) is 12.2 Å². The highest BCUT2D eigenvalue weighted by molar-refractivity contribution is 5.91. The van der Waals surface area contributed by atoms with Gasteiger partial charge >= 0.3 is 11.9 Å². The number of rotatable bonds is 14. The molecule has 0 saturated heterocycles. The molecule has 0 aromatic carbocycles. The highest BCUT2D eigenvalue weighted by atomic mass is 16.5. The largest absolute Gasteiger partial charge is 0.462 e. The van der Waals surface area contributed by atoms with E-state index in [2.05, 4.69) is 27.7 Å². The first-order valence-corrected chi connectivity index (χ1v) is 9.58. The van der Waals surface area contributed by atoms with Gasteiger partial charge in [0.1, 0.15) is 0 Å². The lowest BCUT2D eigenvalue weighted by atomic mass is 10.0. The predicted octanol–water partition coefficient (Wildman–Crippen LogP) is 5.06. The fourth-order valence-corrected chi connectivity index (χ4v) is 2.43. The summed E-state index contributed by atoms with van der Waals surface area (Å²) < 4.78 is 10.4. The van der Waals surface area contributed by atoms with E-state index < -0.39 is 11.9 Å². The Morgan fingerprint density at radius 2 is 1.12 bits per heavy atom. The van der Waals surface area contributed by atoms with Crippen molar-refractivity contribution in [1.82, 2.24) is 0 Å². The number of carbonyl (C=O) groups excluding carboxylic acids is 2. The molecule has 4 nitrogen and oxygen atoms in total. The summed E-state index contributed by atoms with van der Waals surface area (Å²) in [4.78, 5) is 23.3. The molecule has 2 atom stereocenters. The van der Waals surface area contributed by atoms with E-state index >= 15 is 0 Å². The Morgan fingerprint density at radius 3 is 1.42 bits per heavy atom. The topological polar surface area (TPSA) is 52.6 Å². The Hall–Kier alpha value is -1.32. The monoisotopic (exact) mass is 340 g/mol. The molecular weight excluding hydrogens is 304 g/mol. The van der Waals surface area contributed by atoms with Gasteiger partial charge in [-0.15, -0.1) is 0 Å². The third-order valence-electron chi connectivity index (χ3n) is 4.36. The molecule has 0 saturated carbocycles. The molecule has 0 aliphatic heterocycles. The summed E-state index contributed by atoms with van der Waals surface area (Å²) >= 11 is 0. The summed E-state index contributed by atoms with van der Waals surface area (Å²) in [5, 5.41) is 0. The molecule has 0 aliphatic rings. The Kier molecular flexibility index (Phi) is 14.4. The fourth-order valence-electron chi connectivity index (χ4n) is 2.43. The van der Waals surface area contributed by atoms with Crippen LogP contribution < -0.4 is 0 Å². The lowest BCUT2D eigenvalue weighted by molar-refractivity contribution is -0.142. The molecule has 0 rings (SSSR count). The van der Waals surface area contributed by atoms with E-state index in [9.17, 15) is 9.59 Å². The van der Waals surface area contributed by atoms with Crippen LogP contribution in [-0.4, -0.2) is 25.2 Å². The van der Waals surface area contributed by atoms with Gasteiger partial charge in [-0.1, -0.05) is 66.2 Å². The van der Waals surface area contributed by atoms with Crippen LogP contribution in [0, 0.1) is 11.8 Å². The summed E-state index contributed by atoms with van der Waals surface area (Å²) in [6.45, 7) is 9.35. The van der Waals surface area contributed by atoms with E-state index in [1.165, 1.54) is 12.2 Å². The van der Waals surface area contributed by atoms with Crippen LogP contribution in [0.1, 0.15) is 79.1 Å². The molecule has 0 aromatic rings. The lowest BCUT2D eigenvalue weighted by Crippen LogP contribution is -2.14. The first-order valence-electron chi connectivity index (χ1n) is 9.58. The predicted molar refractivity (Wildman–Crippen MR) is 97.7 cm³/mol. The Labute approximate surface area is 148 Å². The average Bonchev–Trinajstić information content (AvgIpc) is 2.60. The highest BCUT2D eigenvalue weighted by Crippen LogP contribution is 2.14. The van der Waals surface area contributed by atoms with Crippen molar-refractivity contribution >= 4 is 11.9 Å². The van der Waals surface area contributed by atoms with Gasteiger partial charge in [0.15, 0.2) is 0 Å². The quantitative estimate of drug-likeness (QED) is 0.327. The maximum absolute atomic E-state index is 11.7. The summed E-state index contributed by atoms with van der Waals surface area (Å²) in [5.41, 5.74) is 0. The van der Waals surface area contributed by atoms with E-state index in [0.717, 1.165) is 51.4 Å². The Balaban J connectivity index is 4.04. The zero-order valence-electron chi connectivity index (χ0n) is 16.0. The van der Waals surface area contributed by atoms with Crippen molar-refractivity contribution in [1.29, 1.82) is 0 Å². The molecule has 0 amide bonds. The van der Waals surface area contributed by atoms with Crippen LogP contribution in [0.4, 0.5) is 0 Å². The molecule has 0 spiro atoms. The normalized spacial score (nSPS) is 13.7. The molecule has 0 radical (unpaired) electrons. The SMILES string of the molecule is CCCC[C@@H](CC)COC(=O)/C=C\C(=O)OC[C@H](CC)CCCC. The second-order valence-corrected chi connectivity index (χ2v) is 6.43. The molecule has 0 bridgehead atoms. The molecule has 0 unspecified atom stereocenters. The first kappa shape index (κ1) is 22.7. The fraction of sp³-hybridized carbons (Fsp3) is 0.800. The van der Waals surface area contributed by atoms with Gasteiger partial charge in [-0.25, -0.2) is 9.59 Å². The average molecular weight is 341 g/mol. The zero-order chi connectivity index (χ0) is 18.2. The van der Waals surface area contributed by atoms with E-state index in [4.69, 9.17) is 9.47 Å². The minimum Gasteiger partial charge on any atom is -0.462 e. The summed E-state index contributed by atoms with van der Waals surface area (Å²) in [5.74, 6) is -0.142. The molecule has 0 heterocycles. The minimum atomic E-state index is -0.472. The Morgan fingerprint density at radius 1 is 0.750 bits per heavy atom. The minimum absolute atomic E-state index is 0.401. The molecule has 0 fully saturated rings. The van der Waals surface area contributed by atoms with Gasteiger partial charge in [-0.2, -0.15) is 0 Å². The third kappa shape index (κ3) is 12.1. The molecule has 0 aromatic heterocycles. The summed E-state index contributed by atoms with van der Waals surface area (Å²) in [7, 11) is 0. The van der Waals surface area contributed by atoms with Crippen LogP contribution in [0.3, 0.4) is 0 Å². The Bertz CT molecular complexity index is 329. The molecule has 0 N–H and O–H groups in total. The molecule has 140 valence electrons. The van der Waals surface area contributed by atoms with Crippen molar-refractivity contribution in [2.75, 3.05) is 13.2 Å². The number of hydrogen-bond donors (Lipinski definition) is 0. The maximum Gasteiger partial charge on any atom is 0.331 e. The number of esters is 2. The molecule has 4 heteroatoms. The van der Waals surface area contributed by atoms with Crippen molar-refractivity contribution in [3.63, 3.8) is 0 Å². The number of hydrogen-bond acceptors (Lipinski definition) is 4. The van der Waals surface area contributed by atoms with Gasteiger partial charge < -0.3 is 9.47 Å². The summed E-state index contributed by atoms with van der Waals surface area (Å²) in [6.07, 6.45) is 11.1. The van der Waals surface area contributed by atoms with E-state index in [-0.39, 0.29) is 0 Å². The second-order valence-electron chi connectivity index (χ2n) is 6.43. The van der Waals surface area contributed by atoms with Gasteiger partial charge in [0.05, 0.1) is 13.2 Å². The third-order valence-corrected chi connectivity index (χ3v) is 4.36. The highest BCUT2D eigenvalue weighted by Gasteiger charge is 2.10. The van der Waals surface area contributed by atoms with E-state index in [1.54, 1.807) is 0 Å². The first-order chi connectivity index (χ1) is 11.6. The standard InChI is InChI=1S/C20H36O4/c1-5-9-11-17(7-3)15-23-19(21)13-14-20(22)24-16-18(8-4)12-10-6-2/h13-14,17-18H,5-12,15-16H2,1-4H3/b14-13-/t17-,18-/m1/s1. The van der Waals surface area contributed by atoms with Crippen LogP contribution in [-0.2, 0) is 19.1 Å². The smallest absolute Gasteiger partial charge is 0.331 e. The number of carbonyl (C=O) groups is 2. The van der Waals surface area contributed by atoms with E-state index in [1.807, 2.05) is 0 Å². The van der Waals surface area contributed by atoms with Crippen LogP contribution in [0.25, 0.3) is 0 Å². The van der Waals surface area contributed by atoms with Crippen molar-refractivity contribution < 1.29 is 19.1 Å². The number of ether oxygens (including phenoxy) is 2. The zero-order valence-corrected chi connectivity index (χ0v) is 16.0. The van der Waals surface area contributed by atoms with Gasteiger partial charge in [0.25, 0.3) is 0 Å². The maximum atomic E-state index is 11.7. The van der Waals surface area contributed by atoms with Crippen LogP contribution in [0.15, 0.2) is 12.2 Å². The number of unbranched alkanes of at least 4 members (excludes halogenated alkanes) is 2.